The van der Waals surface area contributed by atoms with Gasteiger partial charge < -0.3 is 28.4 Å². The number of nitrogens with one attached hydrogen (secondary N) is 1. The van der Waals surface area contributed by atoms with Crippen molar-refractivity contribution in [2.24, 2.45) is 0 Å². The fraction of sp³-hybridized carbons (Fsp3) is 0.333. The number of rotatable bonds is 7. The first-order valence-corrected chi connectivity index (χ1v) is 11.2. The maximum absolute atomic E-state index is 6.54. The molecule has 34 heavy (non-hydrogen) atoms. The lowest BCUT2D eigenvalue weighted by Gasteiger charge is -2.41. The van der Waals surface area contributed by atoms with Crippen molar-refractivity contribution in [3.05, 3.63) is 71.3 Å². The first-order valence-electron chi connectivity index (χ1n) is 11.2. The molecule has 2 atom stereocenters. The average Bonchev–Trinajstić information content (AvgIpc) is 3.33. The number of hydrogen-bond acceptors (Lipinski definition) is 7. The van der Waals surface area contributed by atoms with E-state index in [0.717, 1.165) is 22.6 Å². The summed E-state index contributed by atoms with van der Waals surface area (Å²) in [6, 6.07) is 18.2. The molecule has 0 amide bonds. The van der Waals surface area contributed by atoms with Gasteiger partial charge in [0.05, 0.1) is 21.3 Å². The van der Waals surface area contributed by atoms with Crippen LogP contribution in [0.15, 0.2) is 54.6 Å². The van der Waals surface area contributed by atoms with Crippen molar-refractivity contribution in [1.29, 1.82) is 0 Å². The molecule has 0 saturated carbocycles. The Morgan fingerprint density at radius 1 is 0.882 bits per heavy atom. The van der Waals surface area contributed by atoms with Crippen LogP contribution in [0.5, 0.6) is 34.5 Å². The Labute approximate surface area is 199 Å². The van der Waals surface area contributed by atoms with Gasteiger partial charge in [0.2, 0.25) is 12.5 Å². The molecule has 0 aromatic heterocycles. The summed E-state index contributed by atoms with van der Waals surface area (Å²) in [5.41, 5.74) is 2.62. The van der Waals surface area contributed by atoms with Crippen LogP contribution in [0.3, 0.4) is 0 Å². The molecule has 178 valence electrons. The van der Waals surface area contributed by atoms with Crippen LogP contribution < -0.4 is 33.7 Å². The van der Waals surface area contributed by atoms with Gasteiger partial charge in [-0.3, -0.25) is 5.32 Å². The molecule has 3 aromatic carbocycles. The van der Waals surface area contributed by atoms with Crippen molar-refractivity contribution in [1.82, 2.24) is 5.32 Å². The van der Waals surface area contributed by atoms with E-state index in [4.69, 9.17) is 28.4 Å². The zero-order valence-electron chi connectivity index (χ0n) is 19.8. The van der Waals surface area contributed by atoms with Crippen molar-refractivity contribution in [3.8, 4) is 34.5 Å². The highest BCUT2D eigenvalue weighted by Gasteiger charge is 2.40. The van der Waals surface area contributed by atoms with E-state index in [1.54, 1.807) is 21.3 Å². The topological polar surface area (TPSA) is 67.4 Å². The van der Waals surface area contributed by atoms with E-state index in [-0.39, 0.29) is 12.7 Å². The zero-order valence-corrected chi connectivity index (χ0v) is 19.8. The Hall–Kier alpha value is -3.58. The van der Waals surface area contributed by atoms with Crippen molar-refractivity contribution in [2.45, 2.75) is 31.5 Å². The van der Waals surface area contributed by atoms with E-state index in [0.29, 0.717) is 36.0 Å². The van der Waals surface area contributed by atoms with Gasteiger partial charge in [-0.15, -0.1) is 0 Å². The minimum Gasteiger partial charge on any atom is -0.493 e. The van der Waals surface area contributed by atoms with Crippen LogP contribution in [0, 0.1) is 0 Å². The third-order valence-electron chi connectivity index (χ3n) is 6.41. The van der Waals surface area contributed by atoms with E-state index in [2.05, 4.69) is 24.4 Å². The third kappa shape index (κ3) is 4.07. The Morgan fingerprint density at radius 3 is 2.21 bits per heavy atom. The van der Waals surface area contributed by atoms with Crippen LogP contribution in [-0.2, 0) is 6.54 Å². The normalized spacial score (nSPS) is 20.3. The summed E-state index contributed by atoms with van der Waals surface area (Å²) in [6.45, 7) is 2.96. The molecule has 0 unspecified atom stereocenters. The molecule has 0 aliphatic carbocycles. The maximum atomic E-state index is 6.54. The number of hydrogen-bond donors (Lipinski definition) is 1. The minimum absolute atomic E-state index is 0.0137. The first kappa shape index (κ1) is 22.2. The predicted molar refractivity (Wildman–Crippen MR) is 127 cm³/mol. The number of fused-ring (bicyclic) bond motifs is 2. The number of methoxy groups -OCH3 is 3. The number of benzene rings is 3. The quantitative estimate of drug-likeness (QED) is 0.537. The van der Waals surface area contributed by atoms with Crippen LogP contribution >= 0.6 is 0 Å². The van der Waals surface area contributed by atoms with Crippen molar-refractivity contribution >= 4 is 0 Å². The van der Waals surface area contributed by atoms with Gasteiger partial charge in [0.15, 0.2) is 28.7 Å². The molecule has 2 heterocycles. The molecule has 0 fully saturated rings. The lowest BCUT2D eigenvalue weighted by molar-refractivity contribution is 0.0222. The molecule has 0 bridgehead atoms. The van der Waals surface area contributed by atoms with Crippen LogP contribution in [-0.4, -0.2) is 33.8 Å². The zero-order chi connectivity index (χ0) is 23.7. The molecule has 7 heteroatoms. The monoisotopic (exact) mass is 463 g/mol. The number of ether oxygens (including phenoxy) is 6. The van der Waals surface area contributed by atoms with Gasteiger partial charge in [-0.1, -0.05) is 30.3 Å². The molecule has 0 saturated heterocycles. The molecule has 1 N–H and O–H groups in total. The summed E-state index contributed by atoms with van der Waals surface area (Å²) in [6.07, 6.45) is 0.686. The lowest BCUT2D eigenvalue weighted by atomic mass is 9.81. The van der Waals surface area contributed by atoms with Crippen LogP contribution in [0.1, 0.15) is 36.0 Å². The molecule has 7 nitrogen and oxygen atoms in total. The summed E-state index contributed by atoms with van der Waals surface area (Å²) in [5.74, 6) is 3.96. The Kier molecular flexibility index (Phi) is 5.87. The molecular formula is C27H29NO6. The largest absolute Gasteiger partial charge is 0.493 e. The van der Waals surface area contributed by atoms with Crippen LogP contribution in [0.25, 0.3) is 0 Å². The summed E-state index contributed by atoms with van der Waals surface area (Å²) in [7, 11) is 4.86. The Morgan fingerprint density at radius 2 is 1.56 bits per heavy atom. The van der Waals surface area contributed by atoms with E-state index in [1.807, 2.05) is 42.5 Å². The van der Waals surface area contributed by atoms with Gasteiger partial charge >= 0.3 is 0 Å². The standard InChI is InChI=1S/C27H29NO6/c1-27(28-15-17-8-6-5-7-9-17)14-20(18-10-24(29-2)26(31-4)25(11-18)30-3)19-12-22-23(33-16-32-22)13-21(19)34-27/h5-13,20,28H,14-16H2,1-4H3/t20-,27+/m0/s1. The molecule has 0 radical (unpaired) electrons. The van der Waals surface area contributed by atoms with Gasteiger partial charge in [0.1, 0.15) is 5.75 Å². The molecule has 2 aliphatic rings. The van der Waals surface area contributed by atoms with Crippen LogP contribution in [0.4, 0.5) is 0 Å². The smallest absolute Gasteiger partial charge is 0.231 e. The van der Waals surface area contributed by atoms with Gasteiger partial charge in [0.25, 0.3) is 0 Å². The first-order chi connectivity index (χ1) is 16.5. The van der Waals surface area contributed by atoms with Gasteiger partial charge in [-0.25, -0.2) is 0 Å². The van der Waals surface area contributed by atoms with E-state index < -0.39 is 5.72 Å². The fourth-order valence-corrected chi connectivity index (χ4v) is 4.68. The second-order valence-corrected chi connectivity index (χ2v) is 8.63. The second kappa shape index (κ2) is 8.99. The van der Waals surface area contributed by atoms with Crippen molar-refractivity contribution < 1.29 is 28.4 Å². The molecule has 3 aromatic rings. The summed E-state index contributed by atoms with van der Waals surface area (Å²) in [4.78, 5) is 0. The molecule has 5 rings (SSSR count). The van der Waals surface area contributed by atoms with Gasteiger partial charge in [-0.2, -0.15) is 0 Å². The molecular weight excluding hydrogens is 434 g/mol. The highest BCUT2D eigenvalue weighted by molar-refractivity contribution is 5.60. The van der Waals surface area contributed by atoms with E-state index in [1.165, 1.54) is 5.56 Å². The predicted octanol–water partition coefficient (Wildman–Crippen LogP) is 4.86. The van der Waals surface area contributed by atoms with Crippen molar-refractivity contribution in [3.63, 3.8) is 0 Å². The van der Waals surface area contributed by atoms with E-state index in [9.17, 15) is 0 Å². The lowest BCUT2D eigenvalue weighted by Crippen LogP contribution is -2.50. The Balaban J connectivity index is 1.57. The highest BCUT2D eigenvalue weighted by Crippen LogP contribution is 2.51. The summed E-state index contributed by atoms with van der Waals surface area (Å²) >= 11 is 0. The second-order valence-electron chi connectivity index (χ2n) is 8.63. The fourth-order valence-electron chi connectivity index (χ4n) is 4.68. The molecule has 0 spiro atoms. The maximum Gasteiger partial charge on any atom is 0.231 e. The van der Waals surface area contributed by atoms with Crippen molar-refractivity contribution in [2.75, 3.05) is 28.1 Å². The summed E-state index contributed by atoms with van der Waals surface area (Å²) < 4.78 is 34.6. The van der Waals surface area contributed by atoms with Gasteiger partial charge in [-0.05, 0) is 36.2 Å². The minimum atomic E-state index is -0.623. The average molecular weight is 464 g/mol. The Bertz CT molecular complexity index is 1160. The highest BCUT2D eigenvalue weighted by atomic mass is 16.7. The van der Waals surface area contributed by atoms with Crippen LogP contribution in [0.2, 0.25) is 0 Å². The van der Waals surface area contributed by atoms with Gasteiger partial charge in [0, 0.05) is 30.5 Å². The summed E-state index contributed by atoms with van der Waals surface area (Å²) in [5, 5.41) is 3.62. The SMILES string of the molecule is COc1cc([C@@H]2C[C@](C)(NCc3ccccc3)Oc3cc4c(cc32)OCO4)cc(OC)c1OC. The molecule has 2 aliphatic heterocycles. The van der Waals surface area contributed by atoms with E-state index >= 15 is 0 Å². The third-order valence-corrected chi connectivity index (χ3v) is 6.41.